The molecule has 0 saturated heterocycles. The van der Waals surface area contributed by atoms with E-state index in [-0.39, 0.29) is 36.2 Å². The topological polar surface area (TPSA) is 77.8 Å². The highest BCUT2D eigenvalue weighted by Gasteiger charge is 2.26. The van der Waals surface area contributed by atoms with E-state index in [9.17, 15) is 8.42 Å². The third kappa shape index (κ3) is 3.81. The minimum absolute atomic E-state index is 0.0106. The van der Waals surface area contributed by atoms with Crippen molar-refractivity contribution in [1.29, 1.82) is 0 Å². The van der Waals surface area contributed by atoms with E-state index in [0.29, 0.717) is 10.6 Å². The van der Waals surface area contributed by atoms with Gasteiger partial charge in [0.05, 0.1) is 18.2 Å². The number of hydrogen-bond donors (Lipinski definition) is 2. The van der Waals surface area contributed by atoms with Crippen LogP contribution in [0.4, 0.5) is 0 Å². The summed E-state index contributed by atoms with van der Waals surface area (Å²) >= 11 is 11.8. The summed E-state index contributed by atoms with van der Waals surface area (Å²) in [6.45, 7) is 0.759. The first-order chi connectivity index (χ1) is 8.84. The first-order valence-corrected chi connectivity index (χ1v) is 7.71. The second-order valence-corrected chi connectivity index (χ2v) is 6.60. The smallest absolute Gasteiger partial charge is 0.244 e. The molecular formula is C11H15Cl2NO4S. The maximum atomic E-state index is 12.4. The van der Waals surface area contributed by atoms with Gasteiger partial charge in [0.1, 0.15) is 4.90 Å². The molecule has 0 radical (unpaired) electrons. The third-order valence-corrected chi connectivity index (χ3v) is 5.30. The van der Waals surface area contributed by atoms with E-state index < -0.39 is 10.0 Å². The lowest BCUT2D eigenvalue weighted by Gasteiger charge is -2.21. The average Bonchev–Trinajstić information content (AvgIpc) is 2.33. The van der Waals surface area contributed by atoms with Gasteiger partial charge in [0.25, 0.3) is 0 Å². The van der Waals surface area contributed by atoms with Crippen LogP contribution < -0.4 is 0 Å². The van der Waals surface area contributed by atoms with Crippen molar-refractivity contribution >= 4 is 33.2 Å². The van der Waals surface area contributed by atoms with Crippen LogP contribution in [0.15, 0.2) is 17.0 Å². The molecule has 0 bridgehead atoms. The molecule has 8 heteroatoms. The number of aryl methyl sites for hydroxylation is 1. The van der Waals surface area contributed by atoms with Crippen molar-refractivity contribution in [3.05, 3.63) is 27.7 Å². The van der Waals surface area contributed by atoms with Crippen LogP contribution in [0, 0.1) is 6.92 Å². The molecule has 0 amide bonds. The SMILES string of the molecule is Cc1cc(S(=O)(=O)N(CCO)CCO)c(Cl)cc1Cl. The van der Waals surface area contributed by atoms with Crippen molar-refractivity contribution in [3.8, 4) is 0 Å². The van der Waals surface area contributed by atoms with Crippen LogP contribution in [0.2, 0.25) is 10.0 Å². The van der Waals surface area contributed by atoms with Crippen molar-refractivity contribution in [1.82, 2.24) is 4.31 Å². The van der Waals surface area contributed by atoms with Crippen LogP contribution in [0.25, 0.3) is 0 Å². The summed E-state index contributed by atoms with van der Waals surface area (Å²) < 4.78 is 25.7. The van der Waals surface area contributed by atoms with Gasteiger partial charge in [-0.05, 0) is 24.6 Å². The first-order valence-electron chi connectivity index (χ1n) is 5.52. The Balaban J connectivity index is 3.28. The van der Waals surface area contributed by atoms with Crippen molar-refractivity contribution < 1.29 is 18.6 Å². The van der Waals surface area contributed by atoms with Crippen LogP contribution >= 0.6 is 23.2 Å². The summed E-state index contributed by atoms with van der Waals surface area (Å²) in [5, 5.41) is 18.2. The Morgan fingerprint density at radius 3 is 2.11 bits per heavy atom. The summed E-state index contributed by atoms with van der Waals surface area (Å²) in [6, 6.07) is 2.74. The lowest BCUT2D eigenvalue weighted by Crippen LogP contribution is -2.36. The minimum atomic E-state index is -3.87. The molecule has 0 aliphatic rings. The molecular weight excluding hydrogens is 313 g/mol. The second kappa shape index (κ2) is 6.88. The molecule has 5 nitrogen and oxygen atoms in total. The average molecular weight is 328 g/mol. The van der Waals surface area contributed by atoms with E-state index in [4.69, 9.17) is 33.4 Å². The van der Waals surface area contributed by atoms with Gasteiger partial charge in [0, 0.05) is 18.1 Å². The highest BCUT2D eigenvalue weighted by atomic mass is 35.5. The predicted molar refractivity (Wildman–Crippen MR) is 74.1 cm³/mol. The lowest BCUT2D eigenvalue weighted by atomic mass is 10.2. The normalized spacial score (nSPS) is 12.1. The van der Waals surface area contributed by atoms with Gasteiger partial charge in [-0.15, -0.1) is 0 Å². The highest BCUT2D eigenvalue weighted by molar-refractivity contribution is 7.89. The molecule has 19 heavy (non-hydrogen) atoms. The number of aliphatic hydroxyl groups is 2. The van der Waals surface area contributed by atoms with Gasteiger partial charge in [0.15, 0.2) is 0 Å². The van der Waals surface area contributed by atoms with Crippen molar-refractivity contribution in [2.24, 2.45) is 0 Å². The molecule has 0 fully saturated rings. The van der Waals surface area contributed by atoms with Gasteiger partial charge in [-0.3, -0.25) is 0 Å². The number of rotatable bonds is 6. The van der Waals surface area contributed by atoms with Crippen molar-refractivity contribution in [3.63, 3.8) is 0 Å². The molecule has 0 spiro atoms. The van der Waals surface area contributed by atoms with Crippen molar-refractivity contribution in [2.45, 2.75) is 11.8 Å². The first kappa shape index (κ1) is 16.7. The number of sulfonamides is 1. The molecule has 108 valence electrons. The quantitative estimate of drug-likeness (QED) is 0.825. The second-order valence-electron chi connectivity index (χ2n) is 3.88. The molecule has 0 saturated carbocycles. The number of nitrogens with zero attached hydrogens (tertiary/aromatic N) is 1. The van der Waals surface area contributed by atoms with Gasteiger partial charge < -0.3 is 10.2 Å². The third-order valence-electron chi connectivity index (χ3n) is 2.53. The van der Waals surface area contributed by atoms with E-state index >= 15 is 0 Å². The fourth-order valence-corrected chi connectivity index (χ4v) is 3.77. The monoisotopic (exact) mass is 327 g/mol. The summed E-state index contributed by atoms with van der Waals surface area (Å²) in [4.78, 5) is -0.0852. The lowest BCUT2D eigenvalue weighted by molar-refractivity contribution is 0.217. The van der Waals surface area contributed by atoms with Gasteiger partial charge in [-0.25, -0.2) is 8.42 Å². The summed E-state index contributed by atoms with van der Waals surface area (Å²) in [6.07, 6.45) is 0. The Morgan fingerprint density at radius 2 is 1.63 bits per heavy atom. The van der Waals surface area contributed by atoms with Gasteiger partial charge in [-0.2, -0.15) is 4.31 Å². The number of halogens is 2. The van der Waals surface area contributed by atoms with E-state index in [1.807, 2.05) is 0 Å². The van der Waals surface area contributed by atoms with E-state index in [1.54, 1.807) is 6.92 Å². The maximum absolute atomic E-state index is 12.4. The number of benzene rings is 1. The minimum Gasteiger partial charge on any atom is -0.395 e. The molecule has 0 heterocycles. The predicted octanol–water partition coefficient (Wildman–Crippen LogP) is 1.28. The molecule has 0 aliphatic carbocycles. The number of aliphatic hydroxyl groups excluding tert-OH is 2. The Labute approximate surface area is 122 Å². The molecule has 0 aliphatic heterocycles. The van der Waals surface area contributed by atoms with E-state index in [1.165, 1.54) is 12.1 Å². The molecule has 0 aromatic heterocycles. The standard InChI is InChI=1S/C11H15Cl2NO4S/c1-8-6-11(10(13)7-9(8)12)19(17,18)14(2-4-15)3-5-16/h6-7,15-16H,2-5H2,1H3. The van der Waals surface area contributed by atoms with Gasteiger partial charge >= 0.3 is 0 Å². The molecule has 1 rings (SSSR count). The zero-order chi connectivity index (χ0) is 14.6. The highest BCUT2D eigenvalue weighted by Crippen LogP contribution is 2.30. The molecule has 2 N–H and O–H groups in total. The largest absolute Gasteiger partial charge is 0.395 e. The van der Waals surface area contributed by atoms with Crippen molar-refractivity contribution in [2.75, 3.05) is 26.3 Å². The summed E-state index contributed by atoms with van der Waals surface area (Å²) in [5.74, 6) is 0. The fourth-order valence-electron chi connectivity index (χ4n) is 1.54. The number of hydrogen-bond acceptors (Lipinski definition) is 4. The van der Waals surface area contributed by atoms with Crippen LogP contribution in [-0.2, 0) is 10.0 Å². The molecule has 0 atom stereocenters. The van der Waals surface area contributed by atoms with Crippen LogP contribution in [0.5, 0.6) is 0 Å². The molecule has 0 unspecified atom stereocenters. The summed E-state index contributed by atoms with van der Waals surface area (Å²) in [7, 11) is -3.87. The van der Waals surface area contributed by atoms with E-state index in [0.717, 1.165) is 4.31 Å². The zero-order valence-electron chi connectivity index (χ0n) is 10.3. The summed E-state index contributed by atoms with van der Waals surface area (Å²) in [5.41, 5.74) is 0.581. The van der Waals surface area contributed by atoms with Crippen LogP contribution in [0.1, 0.15) is 5.56 Å². The van der Waals surface area contributed by atoms with E-state index in [2.05, 4.69) is 0 Å². The molecule has 1 aromatic carbocycles. The fraction of sp³-hybridized carbons (Fsp3) is 0.455. The zero-order valence-corrected chi connectivity index (χ0v) is 12.6. The molecule has 1 aromatic rings. The Hall–Kier alpha value is -0.370. The van der Waals surface area contributed by atoms with Crippen LogP contribution in [-0.4, -0.2) is 49.2 Å². The van der Waals surface area contributed by atoms with Gasteiger partial charge in [-0.1, -0.05) is 23.2 Å². The van der Waals surface area contributed by atoms with Crippen LogP contribution in [0.3, 0.4) is 0 Å². The van der Waals surface area contributed by atoms with Gasteiger partial charge in [0.2, 0.25) is 10.0 Å². The maximum Gasteiger partial charge on any atom is 0.244 e. The Kier molecular flexibility index (Phi) is 6.04. The Morgan fingerprint density at radius 1 is 1.11 bits per heavy atom. The Bertz CT molecular complexity index is 542.